The predicted octanol–water partition coefficient (Wildman–Crippen LogP) is 5.82. The van der Waals surface area contributed by atoms with Crippen molar-refractivity contribution in [3.05, 3.63) is 68.5 Å². The van der Waals surface area contributed by atoms with E-state index < -0.39 is 5.63 Å². The van der Waals surface area contributed by atoms with Crippen LogP contribution >= 0.6 is 23.2 Å². The Morgan fingerprint density at radius 3 is 2.57 bits per heavy atom. The van der Waals surface area contributed by atoms with Crippen molar-refractivity contribution in [3.63, 3.8) is 0 Å². The highest BCUT2D eigenvalue weighted by Gasteiger charge is 2.14. The van der Waals surface area contributed by atoms with Crippen LogP contribution in [0.3, 0.4) is 0 Å². The van der Waals surface area contributed by atoms with Crippen LogP contribution in [0.1, 0.15) is 5.56 Å². The maximum absolute atomic E-state index is 11.9. The van der Waals surface area contributed by atoms with Crippen molar-refractivity contribution in [2.75, 3.05) is 0 Å². The van der Waals surface area contributed by atoms with Crippen LogP contribution in [0.4, 0.5) is 0 Å². The monoisotopic (exact) mass is 344 g/mol. The van der Waals surface area contributed by atoms with Gasteiger partial charge in [-0.2, -0.15) is 0 Å². The molecule has 23 heavy (non-hydrogen) atoms. The van der Waals surface area contributed by atoms with Gasteiger partial charge in [-0.05, 0) is 48.9 Å². The van der Waals surface area contributed by atoms with Gasteiger partial charge in [0.2, 0.25) is 0 Å². The van der Waals surface area contributed by atoms with Crippen molar-refractivity contribution in [1.29, 1.82) is 0 Å². The highest BCUT2D eigenvalue weighted by Crippen LogP contribution is 2.34. The van der Waals surface area contributed by atoms with Crippen LogP contribution in [0.15, 0.2) is 56.1 Å². The maximum Gasteiger partial charge on any atom is 0.336 e. The molecule has 0 aliphatic rings. The van der Waals surface area contributed by atoms with Crippen LogP contribution in [0.2, 0.25) is 10.0 Å². The molecule has 0 unspecified atom stereocenters. The van der Waals surface area contributed by atoms with Crippen LogP contribution in [0, 0.1) is 6.92 Å². The van der Waals surface area contributed by atoms with E-state index in [1.54, 1.807) is 24.3 Å². The van der Waals surface area contributed by atoms with E-state index >= 15 is 0 Å². The lowest BCUT2D eigenvalue weighted by Crippen LogP contribution is -1.98. The Hall–Kier alpha value is -2.23. The zero-order chi connectivity index (χ0) is 16.1. The number of benzene rings is 2. The molecule has 3 nitrogen and oxygen atoms in total. The summed E-state index contributed by atoms with van der Waals surface area (Å²) in [7, 11) is 0. The summed E-state index contributed by atoms with van der Waals surface area (Å²) in [5.41, 5.74) is 2.23. The molecule has 0 aliphatic carbocycles. The molecule has 114 valence electrons. The summed E-state index contributed by atoms with van der Waals surface area (Å²) in [5, 5.41) is 2.82. The number of fused-ring (bicyclic) bond motifs is 2. The molecule has 2 aromatic heterocycles. The summed E-state index contributed by atoms with van der Waals surface area (Å²) in [6.07, 6.45) is 0. The first-order chi connectivity index (χ1) is 11.0. The highest BCUT2D eigenvalue weighted by molar-refractivity contribution is 6.32. The highest BCUT2D eigenvalue weighted by atomic mass is 35.5. The fraction of sp³-hybridized carbons (Fsp3) is 0.0556. The average Bonchev–Trinajstić information content (AvgIpc) is 2.91. The predicted molar refractivity (Wildman–Crippen MR) is 92.4 cm³/mol. The first-order valence-corrected chi connectivity index (χ1v) is 7.70. The number of hydrogen-bond donors (Lipinski definition) is 0. The Kier molecular flexibility index (Phi) is 3.22. The number of hydrogen-bond acceptors (Lipinski definition) is 3. The Labute approximate surface area is 141 Å². The Balaban J connectivity index is 2.06. The van der Waals surface area contributed by atoms with Gasteiger partial charge < -0.3 is 8.83 Å². The molecular weight excluding hydrogens is 335 g/mol. The topological polar surface area (TPSA) is 43.4 Å². The van der Waals surface area contributed by atoms with E-state index in [2.05, 4.69) is 0 Å². The first-order valence-electron chi connectivity index (χ1n) is 6.95. The smallest absolute Gasteiger partial charge is 0.336 e. The lowest BCUT2D eigenvalue weighted by Gasteiger charge is -2.05. The second-order valence-electron chi connectivity index (χ2n) is 5.37. The van der Waals surface area contributed by atoms with Crippen molar-refractivity contribution in [3.8, 4) is 11.3 Å². The van der Waals surface area contributed by atoms with Crippen LogP contribution < -0.4 is 5.63 Å². The van der Waals surface area contributed by atoms with Gasteiger partial charge in [0.1, 0.15) is 16.9 Å². The van der Waals surface area contributed by atoms with Gasteiger partial charge in [-0.25, -0.2) is 4.79 Å². The summed E-state index contributed by atoms with van der Waals surface area (Å²) in [5.74, 6) is 0.570. The van der Waals surface area contributed by atoms with Gasteiger partial charge in [-0.1, -0.05) is 23.2 Å². The van der Waals surface area contributed by atoms with Crippen LogP contribution in [0.5, 0.6) is 0 Å². The number of halogens is 2. The van der Waals surface area contributed by atoms with E-state index in [-0.39, 0.29) is 0 Å². The number of aryl methyl sites for hydroxylation is 1. The first kappa shape index (κ1) is 14.4. The lowest BCUT2D eigenvalue weighted by molar-refractivity contribution is 0.559. The molecule has 4 rings (SSSR count). The van der Waals surface area contributed by atoms with E-state index in [0.717, 1.165) is 16.3 Å². The molecule has 0 saturated heterocycles. The van der Waals surface area contributed by atoms with Crippen molar-refractivity contribution in [1.82, 2.24) is 0 Å². The van der Waals surface area contributed by atoms with Crippen LogP contribution in [-0.4, -0.2) is 0 Å². The fourth-order valence-corrected chi connectivity index (χ4v) is 2.98. The largest absolute Gasteiger partial charge is 0.456 e. The molecule has 0 amide bonds. The zero-order valence-corrected chi connectivity index (χ0v) is 13.5. The van der Waals surface area contributed by atoms with E-state index in [1.807, 2.05) is 19.1 Å². The summed E-state index contributed by atoms with van der Waals surface area (Å²) in [6.45, 7) is 1.86. The standard InChI is InChI=1S/C18H10Cl2O3/c1-9-4-16-12(7-14(9)20)13(8-18(21)23-16)17-6-10-5-11(19)2-3-15(10)22-17/h2-8H,1H3. The van der Waals surface area contributed by atoms with Gasteiger partial charge in [0, 0.05) is 32.4 Å². The minimum absolute atomic E-state index is 0.437. The second kappa shape index (κ2) is 5.15. The SMILES string of the molecule is Cc1cc2oc(=O)cc(-c3cc4cc(Cl)ccc4o3)c2cc1Cl. The van der Waals surface area contributed by atoms with Crippen LogP contribution in [-0.2, 0) is 0 Å². The molecule has 4 aromatic rings. The lowest BCUT2D eigenvalue weighted by atomic mass is 10.1. The van der Waals surface area contributed by atoms with E-state index in [1.165, 1.54) is 6.07 Å². The summed E-state index contributed by atoms with van der Waals surface area (Å²) in [4.78, 5) is 11.9. The third-order valence-corrected chi connectivity index (χ3v) is 4.41. The van der Waals surface area contributed by atoms with E-state index in [0.29, 0.717) is 32.5 Å². The third kappa shape index (κ3) is 2.42. The van der Waals surface area contributed by atoms with Crippen molar-refractivity contribution in [2.45, 2.75) is 6.92 Å². The minimum Gasteiger partial charge on any atom is -0.456 e. The van der Waals surface area contributed by atoms with Crippen molar-refractivity contribution >= 4 is 45.1 Å². The normalized spacial score (nSPS) is 11.4. The molecule has 5 heteroatoms. The zero-order valence-electron chi connectivity index (χ0n) is 12.0. The summed E-state index contributed by atoms with van der Waals surface area (Å²) >= 11 is 12.2. The van der Waals surface area contributed by atoms with Crippen molar-refractivity contribution in [2.24, 2.45) is 0 Å². The molecule has 2 aromatic carbocycles. The average molecular weight is 345 g/mol. The van der Waals surface area contributed by atoms with Gasteiger partial charge in [0.05, 0.1) is 0 Å². The molecular formula is C18H10Cl2O3. The third-order valence-electron chi connectivity index (χ3n) is 3.77. The molecule has 2 heterocycles. The number of furan rings is 1. The fourth-order valence-electron chi connectivity index (χ4n) is 2.63. The molecule has 0 spiro atoms. The quantitative estimate of drug-likeness (QED) is 0.408. The van der Waals surface area contributed by atoms with Crippen molar-refractivity contribution < 1.29 is 8.83 Å². The molecule has 0 aliphatic heterocycles. The summed E-state index contributed by atoms with van der Waals surface area (Å²) < 4.78 is 11.1. The Morgan fingerprint density at radius 1 is 0.913 bits per heavy atom. The van der Waals surface area contributed by atoms with Crippen LogP contribution in [0.25, 0.3) is 33.3 Å². The van der Waals surface area contributed by atoms with Gasteiger partial charge in [-0.15, -0.1) is 0 Å². The molecule has 0 fully saturated rings. The van der Waals surface area contributed by atoms with Gasteiger partial charge in [0.15, 0.2) is 0 Å². The molecule has 0 bridgehead atoms. The Morgan fingerprint density at radius 2 is 1.74 bits per heavy atom. The minimum atomic E-state index is -0.437. The van der Waals surface area contributed by atoms with Gasteiger partial charge >= 0.3 is 5.63 Å². The van der Waals surface area contributed by atoms with Gasteiger partial charge in [-0.3, -0.25) is 0 Å². The molecule has 0 radical (unpaired) electrons. The number of rotatable bonds is 1. The van der Waals surface area contributed by atoms with E-state index in [4.69, 9.17) is 32.0 Å². The summed E-state index contributed by atoms with van der Waals surface area (Å²) in [6, 6.07) is 12.2. The molecule has 0 saturated carbocycles. The molecule has 0 atom stereocenters. The van der Waals surface area contributed by atoms with E-state index in [9.17, 15) is 4.79 Å². The maximum atomic E-state index is 11.9. The van der Waals surface area contributed by atoms with Gasteiger partial charge in [0.25, 0.3) is 0 Å². The molecule has 0 N–H and O–H groups in total. The second-order valence-corrected chi connectivity index (χ2v) is 6.21. The Bertz CT molecular complexity index is 1120.